The monoisotopic (exact) mass is 365 g/mol. The van der Waals surface area contributed by atoms with Gasteiger partial charge in [0.25, 0.3) is 10.0 Å². The summed E-state index contributed by atoms with van der Waals surface area (Å²) >= 11 is 0. The van der Waals surface area contributed by atoms with E-state index in [1.807, 2.05) is 6.92 Å². The molecule has 0 N–H and O–H groups in total. The van der Waals surface area contributed by atoms with Gasteiger partial charge in [-0.15, -0.1) is 0 Å². The first kappa shape index (κ1) is 19.1. The molecule has 0 radical (unpaired) electrons. The number of carbonyl (C=O) groups excluding carboxylic acids is 1. The number of hydrogen-bond donors (Lipinski definition) is 0. The minimum Gasteiger partial charge on any atom is -0.428 e. The highest BCUT2D eigenvalue weighted by Crippen LogP contribution is 2.24. The Morgan fingerprint density at radius 1 is 1.16 bits per heavy atom. The lowest BCUT2D eigenvalue weighted by molar-refractivity contribution is 0.00726. The van der Waals surface area contributed by atoms with E-state index in [1.165, 1.54) is 6.20 Å². The molecule has 0 fully saturated rings. The van der Waals surface area contributed by atoms with Crippen LogP contribution in [0.1, 0.15) is 33.3 Å². The number of carbonyl (C=O) groups is 1. The van der Waals surface area contributed by atoms with Crippen LogP contribution in [0.5, 0.6) is 0 Å². The van der Waals surface area contributed by atoms with Gasteiger partial charge in [0.15, 0.2) is 5.76 Å². The summed E-state index contributed by atoms with van der Waals surface area (Å²) in [5.74, 6) is 0.100. The van der Waals surface area contributed by atoms with Gasteiger partial charge in [0.2, 0.25) is 0 Å². The second kappa shape index (κ2) is 6.92. The number of benzene rings is 1. The van der Waals surface area contributed by atoms with Crippen LogP contribution in [-0.2, 0) is 19.5 Å². The Balaban J connectivity index is 2.25. The first-order valence-electron chi connectivity index (χ1n) is 7.90. The van der Waals surface area contributed by atoms with E-state index in [0.29, 0.717) is 0 Å². The zero-order chi connectivity index (χ0) is 18.8. The normalized spacial score (nSPS) is 17.9. The van der Waals surface area contributed by atoms with Crippen LogP contribution in [0.15, 0.2) is 53.3 Å². The van der Waals surface area contributed by atoms with Crippen molar-refractivity contribution in [2.24, 2.45) is 0 Å². The average Bonchev–Trinajstić information content (AvgIpc) is 2.47. The molecule has 136 valence electrons. The Bertz CT molecular complexity index is 801. The maximum absolute atomic E-state index is 12.8. The van der Waals surface area contributed by atoms with E-state index >= 15 is 0 Å². The van der Waals surface area contributed by atoms with Crippen molar-refractivity contribution in [3.63, 3.8) is 0 Å². The minimum atomic E-state index is -3.76. The molecular weight excluding hydrogens is 342 g/mol. The molecule has 0 amide bonds. The summed E-state index contributed by atoms with van der Waals surface area (Å²) in [6.07, 6.45) is 3.61. The van der Waals surface area contributed by atoms with E-state index < -0.39 is 27.8 Å². The molecule has 1 aliphatic heterocycles. The number of ether oxygens (including phenoxy) is 2. The maximum Gasteiger partial charge on any atom is 0.514 e. The van der Waals surface area contributed by atoms with Crippen LogP contribution in [-0.4, -0.2) is 30.5 Å². The molecule has 1 aromatic carbocycles. The average molecular weight is 365 g/mol. The third-order valence-electron chi connectivity index (χ3n) is 3.38. The molecule has 0 aromatic heterocycles. The van der Waals surface area contributed by atoms with Gasteiger partial charge in [0, 0.05) is 0 Å². The van der Waals surface area contributed by atoms with E-state index in [4.69, 9.17) is 9.47 Å². The summed E-state index contributed by atoms with van der Waals surface area (Å²) in [5.41, 5.74) is 0.270. The molecule has 1 atom stereocenters. The lowest BCUT2D eigenvalue weighted by Gasteiger charge is -2.28. The molecule has 0 saturated heterocycles. The maximum atomic E-state index is 12.8. The first-order valence-corrected chi connectivity index (χ1v) is 9.34. The largest absolute Gasteiger partial charge is 0.514 e. The van der Waals surface area contributed by atoms with Gasteiger partial charge in [-0.25, -0.2) is 13.2 Å². The summed E-state index contributed by atoms with van der Waals surface area (Å²) in [6.45, 7) is 8.78. The number of hydrogen-bond acceptors (Lipinski definition) is 5. The standard InChI is InChI=1S/C18H23NO5S/c1-13-6-10-16(11-7-13)25(21,22)19-12-15(9-8-14(19)2)23-17(20)24-18(3,4)5/h6-12,14H,1-5H3. The first-order chi connectivity index (χ1) is 11.5. The second-order valence-electron chi connectivity index (χ2n) is 6.85. The lowest BCUT2D eigenvalue weighted by atomic mass is 10.2. The molecule has 0 aliphatic carbocycles. The predicted molar refractivity (Wildman–Crippen MR) is 94.2 cm³/mol. The van der Waals surface area contributed by atoms with Crippen molar-refractivity contribution in [1.29, 1.82) is 0 Å². The molecule has 1 aliphatic rings. The second-order valence-corrected chi connectivity index (χ2v) is 8.69. The smallest absolute Gasteiger partial charge is 0.428 e. The summed E-state index contributed by atoms with van der Waals surface area (Å²) in [4.78, 5) is 12.0. The Morgan fingerprint density at radius 3 is 2.32 bits per heavy atom. The van der Waals surface area contributed by atoms with Gasteiger partial charge < -0.3 is 9.47 Å². The zero-order valence-electron chi connectivity index (χ0n) is 15.0. The molecular formula is C18H23NO5S. The van der Waals surface area contributed by atoms with Crippen LogP contribution >= 0.6 is 0 Å². The Hall–Kier alpha value is -2.28. The Morgan fingerprint density at radius 2 is 1.76 bits per heavy atom. The molecule has 6 nitrogen and oxygen atoms in total. The van der Waals surface area contributed by atoms with E-state index in [2.05, 4.69) is 0 Å². The third kappa shape index (κ3) is 4.85. The molecule has 1 aromatic rings. The van der Waals surface area contributed by atoms with Gasteiger partial charge >= 0.3 is 6.16 Å². The molecule has 0 bridgehead atoms. The third-order valence-corrected chi connectivity index (χ3v) is 5.24. The number of sulfonamides is 1. The van der Waals surface area contributed by atoms with Crippen molar-refractivity contribution in [1.82, 2.24) is 4.31 Å². The highest BCUT2D eigenvalue weighted by molar-refractivity contribution is 7.89. The van der Waals surface area contributed by atoms with Gasteiger partial charge in [-0.2, -0.15) is 0 Å². The van der Waals surface area contributed by atoms with Gasteiger partial charge in [0.1, 0.15) is 5.60 Å². The van der Waals surface area contributed by atoms with Gasteiger partial charge in [-0.05, 0) is 52.8 Å². The Labute approximate surface area is 148 Å². The van der Waals surface area contributed by atoms with Crippen molar-refractivity contribution in [2.45, 2.75) is 51.2 Å². The van der Waals surface area contributed by atoms with Crippen molar-refractivity contribution >= 4 is 16.2 Å². The van der Waals surface area contributed by atoms with Crippen molar-refractivity contribution < 1.29 is 22.7 Å². The molecule has 2 rings (SSSR count). The number of nitrogens with zero attached hydrogens (tertiary/aromatic N) is 1. The molecule has 7 heteroatoms. The molecule has 0 saturated carbocycles. The minimum absolute atomic E-state index is 0.100. The topological polar surface area (TPSA) is 72.9 Å². The van der Waals surface area contributed by atoms with E-state index in [1.54, 1.807) is 64.1 Å². The fraction of sp³-hybridized carbons (Fsp3) is 0.389. The van der Waals surface area contributed by atoms with Gasteiger partial charge in [-0.1, -0.05) is 23.8 Å². The lowest BCUT2D eigenvalue weighted by Crippen LogP contribution is -2.35. The molecule has 1 unspecified atom stereocenters. The fourth-order valence-corrected chi connectivity index (χ4v) is 3.63. The summed E-state index contributed by atoms with van der Waals surface area (Å²) in [7, 11) is -3.76. The molecule has 0 spiro atoms. The van der Waals surface area contributed by atoms with Gasteiger partial charge in [0.05, 0.1) is 17.1 Å². The van der Waals surface area contributed by atoms with Crippen molar-refractivity contribution in [3.8, 4) is 0 Å². The number of aryl methyl sites for hydroxylation is 1. The van der Waals surface area contributed by atoms with Crippen LogP contribution in [0, 0.1) is 6.92 Å². The quantitative estimate of drug-likeness (QED) is 0.763. The summed E-state index contributed by atoms with van der Waals surface area (Å²) in [6, 6.07) is 6.17. The van der Waals surface area contributed by atoms with Crippen LogP contribution in [0.4, 0.5) is 4.79 Å². The zero-order valence-corrected chi connectivity index (χ0v) is 15.8. The SMILES string of the molecule is Cc1ccc(S(=O)(=O)N2C=C(OC(=O)OC(C)(C)C)C=CC2C)cc1. The fourth-order valence-electron chi connectivity index (χ4n) is 2.15. The van der Waals surface area contributed by atoms with Crippen LogP contribution in [0.2, 0.25) is 0 Å². The van der Waals surface area contributed by atoms with E-state index in [9.17, 15) is 13.2 Å². The number of allylic oxidation sites excluding steroid dienone is 1. The molecule has 1 heterocycles. The van der Waals surface area contributed by atoms with Gasteiger partial charge in [-0.3, -0.25) is 4.31 Å². The van der Waals surface area contributed by atoms with E-state index in [-0.39, 0.29) is 10.7 Å². The predicted octanol–water partition coefficient (Wildman–Crippen LogP) is 3.74. The Kier molecular flexibility index (Phi) is 5.27. The van der Waals surface area contributed by atoms with Crippen molar-refractivity contribution in [3.05, 3.63) is 53.9 Å². The van der Waals surface area contributed by atoms with Crippen LogP contribution in [0.25, 0.3) is 0 Å². The molecule has 25 heavy (non-hydrogen) atoms. The summed E-state index contributed by atoms with van der Waals surface area (Å²) < 4.78 is 37.0. The number of rotatable bonds is 3. The van der Waals surface area contributed by atoms with Crippen LogP contribution in [0.3, 0.4) is 0 Å². The van der Waals surface area contributed by atoms with Crippen LogP contribution < -0.4 is 0 Å². The highest BCUT2D eigenvalue weighted by Gasteiger charge is 2.29. The van der Waals surface area contributed by atoms with Crippen molar-refractivity contribution in [2.75, 3.05) is 0 Å². The van der Waals surface area contributed by atoms with E-state index in [0.717, 1.165) is 9.87 Å². The summed E-state index contributed by atoms with van der Waals surface area (Å²) in [5, 5.41) is 0. The highest BCUT2D eigenvalue weighted by atomic mass is 32.2.